The summed E-state index contributed by atoms with van der Waals surface area (Å²) < 4.78 is 11.1. The first-order valence-electron chi connectivity index (χ1n) is 16.9. The number of hydrogen-bond donors (Lipinski definition) is 0. The van der Waals surface area contributed by atoms with E-state index in [0.717, 1.165) is 18.4 Å². The van der Waals surface area contributed by atoms with Crippen LogP contribution in [0.5, 0.6) is 0 Å². The van der Waals surface area contributed by atoms with E-state index in [4.69, 9.17) is 9.47 Å². The molecule has 0 spiro atoms. The van der Waals surface area contributed by atoms with Crippen LogP contribution >= 0.6 is 0 Å². The molecule has 3 nitrogen and oxygen atoms in total. The van der Waals surface area contributed by atoms with E-state index >= 15 is 0 Å². The zero-order valence-corrected chi connectivity index (χ0v) is 25.4. The predicted octanol–water partition coefficient (Wildman–Crippen LogP) is 11.0. The number of carbonyl (C=O) groups excluding carboxylic acids is 1. The summed E-state index contributed by atoms with van der Waals surface area (Å²) in [6, 6.07) is 0. The molecule has 3 atom stereocenters. The number of cyclic esters (lactones) is 1. The molecular weight excluding hydrogens is 468 g/mol. The monoisotopic (exact) mass is 530 g/mol. The second kappa shape index (κ2) is 22.7. The van der Waals surface area contributed by atoms with Crippen molar-refractivity contribution < 1.29 is 14.3 Å². The summed E-state index contributed by atoms with van der Waals surface area (Å²) in [5, 5.41) is 0. The summed E-state index contributed by atoms with van der Waals surface area (Å²) in [4.78, 5) is 11.6. The van der Waals surface area contributed by atoms with Crippen LogP contribution in [0.2, 0.25) is 0 Å². The third-order valence-electron chi connectivity index (χ3n) is 8.37. The number of carbonyl (C=O) groups is 1. The number of allylic oxidation sites excluding steroid dienone is 2. The minimum atomic E-state index is -0.0957. The molecule has 0 aliphatic carbocycles. The van der Waals surface area contributed by atoms with E-state index in [-0.39, 0.29) is 12.1 Å². The van der Waals surface area contributed by atoms with E-state index < -0.39 is 0 Å². The van der Waals surface area contributed by atoms with Crippen LogP contribution < -0.4 is 0 Å². The van der Waals surface area contributed by atoms with Crippen molar-refractivity contribution in [1.82, 2.24) is 0 Å². The lowest BCUT2D eigenvalue weighted by molar-refractivity contribution is -0.139. The van der Waals surface area contributed by atoms with Crippen molar-refractivity contribution in [3.8, 4) is 0 Å². The van der Waals surface area contributed by atoms with Crippen LogP contribution in [0.4, 0.5) is 0 Å². The Hall–Kier alpha value is -1.09. The van der Waals surface area contributed by atoms with Crippen molar-refractivity contribution in [1.29, 1.82) is 0 Å². The summed E-state index contributed by atoms with van der Waals surface area (Å²) in [6.45, 7) is 4.22. The summed E-state index contributed by atoms with van der Waals surface area (Å²) in [5.74, 6) is -0.0957. The maximum Gasteiger partial charge on any atom is 0.334 e. The first-order chi connectivity index (χ1) is 18.7. The molecule has 2 aliphatic heterocycles. The Labute approximate surface area is 236 Å². The van der Waals surface area contributed by atoms with Gasteiger partial charge in [0.1, 0.15) is 6.10 Å². The van der Waals surface area contributed by atoms with Crippen molar-refractivity contribution >= 4 is 5.97 Å². The number of esters is 1. The highest BCUT2D eigenvalue weighted by Gasteiger charge is 2.36. The van der Waals surface area contributed by atoms with Crippen molar-refractivity contribution in [2.75, 3.05) is 0 Å². The van der Waals surface area contributed by atoms with Crippen LogP contribution in [-0.2, 0) is 14.3 Å². The zero-order valence-electron chi connectivity index (χ0n) is 25.4. The smallest absolute Gasteiger partial charge is 0.334 e. The molecule has 2 aliphatic rings. The van der Waals surface area contributed by atoms with Crippen LogP contribution in [0.1, 0.15) is 174 Å². The Balaban J connectivity index is 1.23. The summed E-state index contributed by atoms with van der Waals surface area (Å²) in [5.41, 5.74) is 0.893. The molecule has 0 aromatic rings. The van der Waals surface area contributed by atoms with Gasteiger partial charge < -0.3 is 9.47 Å². The maximum absolute atomic E-state index is 11.6. The van der Waals surface area contributed by atoms with Gasteiger partial charge in [-0.3, -0.25) is 0 Å². The molecule has 0 N–H and O–H groups in total. The Kier molecular flexibility index (Phi) is 19.8. The van der Waals surface area contributed by atoms with Gasteiger partial charge in [-0.05, 0) is 57.9 Å². The normalized spacial score (nSPS) is 20.8. The number of ether oxygens (including phenoxy) is 2. The van der Waals surface area contributed by atoms with Crippen molar-refractivity contribution in [3.63, 3.8) is 0 Å². The molecule has 2 rings (SSSR count). The minimum absolute atomic E-state index is 0.0225. The number of unbranched alkanes of at least 4 members (excludes halogenated alkanes) is 19. The van der Waals surface area contributed by atoms with Gasteiger partial charge in [-0.25, -0.2) is 4.79 Å². The largest absolute Gasteiger partial charge is 0.455 e. The van der Waals surface area contributed by atoms with Gasteiger partial charge in [-0.15, -0.1) is 0 Å². The fourth-order valence-corrected chi connectivity index (χ4v) is 5.82. The lowest BCUT2D eigenvalue weighted by Crippen LogP contribution is -2.03. The Morgan fingerprint density at radius 1 is 0.632 bits per heavy atom. The molecule has 0 aromatic carbocycles. The molecule has 38 heavy (non-hydrogen) atoms. The molecule has 3 heteroatoms. The Morgan fingerprint density at radius 3 is 1.71 bits per heavy atom. The zero-order chi connectivity index (χ0) is 27.1. The lowest BCUT2D eigenvalue weighted by Gasteiger charge is -2.02. The van der Waals surface area contributed by atoms with E-state index in [0.29, 0.717) is 12.2 Å². The fraction of sp³-hybridized carbons (Fsp3) is 0.857. The van der Waals surface area contributed by atoms with Crippen molar-refractivity contribution in [2.24, 2.45) is 0 Å². The number of epoxide rings is 1. The van der Waals surface area contributed by atoms with Crippen molar-refractivity contribution in [2.45, 2.75) is 193 Å². The van der Waals surface area contributed by atoms with Crippen LogP contribution in [0, 0.1) is 0 Å². The Bertz CT molecular complexity index is 637. The molecule has 0 saturated carbocycles. The number of hydrogen-bond acceptors (Lipinski definition) is 3. The van der Waals surface area contributed by atoms with Crippen LogP contribution in [0.25, 0.3) is 0 Å². The van der Waals surface area contributed by atoms with Gasteiger partial charge >= 0.3 is 5.97 Å². The fourth-order valence-electron chi connectivity index (χ4n) is 5.82. The molecule has 0 amide bonds. The lowest BCUT2D eigenvalue weighted by atomic mass is 10.0. The van der Waals surface area contributed by atoms with Crippen LogP contribution in [0.15, 0.2) is 23.8 Å². The minimum Gasteiger partial charge on any atom is -0.455 e. The average molecular weight is 531 g/mol. The van der Waals surface area contributed by atoms with E-state index in [2.05, 4.69) is 19.1 Å². The molecule has 0 unspecified atom stereocenters. The van der Waals surface area contributed by atoms with Gasteiger partial charge in [-0.1, -0.05) is 135 Å². The topological polar surface area (TPSA) is 38.8 Å². The SMILES string of the molecule is CCCCCCCCCCCCCC[C@H]1O[C@H]1CC/C=C\CCCCCCCCCCC1=C[C@H](C)OC1=O. The second-order valence-electron chi connectivity index (χ2n) is 12.1. The van der Waals surface area contributed by atoms with Gasteiger partial charge in [-0.2, -0.15) is 0 Å². The van der Waals surface area contributed by atoms with Gasteiger partial charge in [0.15, 0.2) is 0 Å². The highest BCUT2D eigenvalue weighted by molar-refractivity contribution is 5.90. The quantitative estimate of drug-likeness (QED) is 0.0459. The molecule has 0 bridgehead atoms. The average Bonchev–Trinajstić information content (AvgIpc) is 3.58. The molecular formula is C35H62O3. The summed E-state index contributed by atoms with van der Waals surface area (Å²) >= 11 is 0. The first-order valence-corrected chi connectivity index (χ1v) is 16.9. The van der Waals surface area contributed by atoms with Crippen molar-refractivity contribution in [3.05, 3.63) is 23.8 Å². The van der Waals surface area contributed by atoms with Crippen LogP contribution in [0.3, 0.4) is 0 Å². The van der Waals surface area contributed by atoms with E-state index in [1.807, 2.05) is 13.0 Å². The van der Waals surface area contributed by atoms with E-state index in [9.17, 15) is 4.79 Å². The standard InChI is InChI=1S/C35H62O3/c1-3-4-5-6-7-8-9-13-16-19-22-25-28-33-34(38-33)29-26-23-20-17-14-11-10-12-15-18-21-24-27-32-30-31(2)37-35(32)36/h20,23,30-31,33-34H,3-19,21-22,24-29H2,1-2H3/b23-20-/t31-,33+,34-/m0/s1. The third kappa shape index (κ3) is 17.5. The van der Waals surface area contributed by atoms with Gasteiger partial charge in [0.25, 0.3) is 0 Å². The van der Waals surface area contributed by atoms with E-state index in [1.54, 1.807) is 0 Å². The van der Waals surface area contributed by atoms with Gasteiger partial charge in [0, 0.05) is 5.57 Å². The molecule has 1 saturated heterocycles. The molecule has 2 heterocycles. The molecule has 0 radical (unpaired) electrons. The second-order valence-corrected chi connectivity index (χ2v) is 12.1. The highest BCUT2D eigenvalue weighted by Crippen LogP contribution is 2.31. The van der Waals surface area contributed by atoms with Gasteiger partial charge in [0.05, 0.1) is 12.2 Å². The van der Waals surface area contributed by atoms with E-state index in [1.165, 1.54) is 148 Å². The van der Waals surface area contributed by atoms with Crippen LogP contribution in [-0.4, -0.2) is 24.3 Å². The number of rotatable bonds is 27. The summed E-state index contributed by atoms with van der Waals surface area (Å²) in [6.07, 6.45) is 41.2. The third-order valence-corrected chi connectivity index (χ3v) is 8.37. The maximum atomic E-state index is 11.6. The summed E-state index contributed by atoms with van der Waals surface area (Å²) in [7, 11) is 0. The Morgan fingerprint density at radius 2 is 1.13 bits per heavy atom. The predicted molar refractivity (Wildman–Crippen MR) is 163 cm³/mol. The molecule has 0 aromatic heterocycles. The molecule has 1 fully saturated rings. The first kappa shape index (κ1) is 33.1. The highest BCUT2D eigenvalue weighted by atomic mass is 16.6. The molecule has 220 valence electrons. The van der Waals surface area contributed by atoms with Gasteiger partial charge in [0.2, 0.25) is 0 Å².